The summed E-state index contributed by atoms with van der Waals surface area (Å²) in [6.07, 6.45) is 2.74. The van der Waals surface area contributed by atoms with Gasteiger partial charge in [0.15, 0.2) is 11.0 Å². The summed E-state index contributed by atoms with van der Waals surface area (Å²) >= 11 is 6.04. The van der Waals surface area contributed by atoms with Gasteiger partial charge in [0.25, 0.3) is 11.2 Å². The molecule has 0 radical (unpaired) electrons. The number of H-pyrrole nitrogens is 1. The van der Waals surface area contributed by atoms with Gasteiger partial charge in [0.1, 0.15) is 13.4 Å². The minimum atomic E-state index is -0.991. The van der Waals surface area contributed by atoms with Crippen LogP contribution in [-0.2, 0) is 31.7 Å². The fourth-order valence-corrected chi connectivity index (χ4v) is 5.65. The van der Waals surface area contributed by atoms with Crippen LogP contribution in [-0.4, -0.2) is 93.8 Å². The fourth-order valence-electron chi connectivity index (χ4n) is 3.65. The number of rotatable bonds is 6. The lowest BCUT2D eigenvalue weighted by molar-refractivity contribution is -0.135. The van der Waals surface area contributed by atoms with Crippen LogP contribution in [0.25, 0.3) is 0 Å². The van der Waals surface area contributed by atoms with Gasteiger partial charge in [0.2, 0.25) is 5.84 Å². The van der Waals surface area contributed by atoms with Gasteiger partial charge < -0.3 is 29.9 Å². The number of hydrogen-bond acceptors (Lipinski definition) is 7. The Labute approximate surface area is 187 Å². The Morgan fingerprint density at radius 2 is 2.19 bits per heavy atom. The molecular weight excluding hydrogens is 448 g/mol. The molecule has 3 heterocycles. The monoisotopic (exact) mass is 473 g/mol. The number of methoxy groups -OCH3 is 1. The molecule has 1 aromatic heterocycles. The van der Waals surface area contributed by atoms with Gasteiger partial charge in [-0.15, -0.1) is 0 Å². The maximum Gasteiger partial charge on any atom is 0.366 e. The molecule has 4 atom stereocenters. The number of aliphatic carboxylic acids is 1. The number of carbonyl (C=O) groups excluding carboxylic acids is 1. The van der Waals surface area contributed by atoms with Crippen molar-refractivity contribution in [2.24, 2.45) is 10.1 Å². The van der Waals surface area contributed by atoms with E-state index in [0.29, 0.717) is 41.9 Å². The Kier molecular flexibility index (Phi) is 7.44. The normalized spacial score (nSPS) is 27.3. The predicted octanol–water partition coefficient (Wildman–Crippen LogP) is 0.475. The summed E-state index contributed by atoms with van der Waals surface area (Å²) in [5.41, 5.74) is 0.709. The van der Waals surface area contributed by atoms with Gasteiger partial charge in [-0.2, -0.15) is 4.99 Å². The number of piperidine rings is 1. The van der Waals surface area contributed by atoms with Crippen molar-refractivity contribution in [2.45, 2.75) is 37.2 Å². The molecule has 1 saturated heterocycles. The Balaban J connectivity index is 1.70. The Hall–Kier alpha value is -2.31. The van der Waals surface area contributed by atoms with E-state index in [2.05, 4.69) is 25.4 Å². The van der Waals surface area contributed by atoms with Gasteiger partial charge in [-0.3, -0.25) is 4.79 Å². The summed E-state index contributed by atoms with van der Waals surface area (Å²) in [5, 5.41) is 16.4. The molecule has 4 unspecified atom stereocenters. The van der Waals surface area contributed by atoms with Gasteiger partial charge in [-0.25, -0.2) is 9.78 Å². The number of carboxylic acids is 1. The molecule has 0 saturated carbocycles. The molecule has 3 rings (SSSR count). The van der Waals surface area contributed by atoms with Crippen LogP contribution in [0.15, 0.2) is 10.1 Å². The molecule has 1 aromatic rings. The molecule has 1 fully saturated rings. The molecule has 11 nitrogen and oxygen atoms in total. The SMILES string of the molecule is CCc1[nH]c(C(=O)NC2CCN(C3=NC(=NOC)C(C(=O)O)[S+]3C)CC2OC)nc1Cl. The van der Waals surface area contributed by atoms with Crippen LogP contribution in [0.3, 0.4) is 0 Å². The summed E-state index contributed by atoms with van der Waals surface area (Å²) in [5.74, 6) is -1.02. The zero-order valence-corrected chi connectivity index (χ0v) is 19.3. The second kappa shape index (κ2) is 9.88. The Morgan fingerprint density at radius 1 is 1.45 bits per heavy atom. The van der Waals surface area contributed by atoms with Crippen molar-refractivity contribution in [1.29, 1.82) is 0 Å². The van der Waals surface area contributed by atoms with Gasteiger partial charge in [0.05, 0.1) is 35.3 Å². The zero-order valence-electron chi connectivity index (χ0n) is 17.7. The highest BCUT2D eigenvalue weighted by molar-refractivity contribution is 8.12. The molecule has 0 bridgehead atoms. The highest BCUT2D eigenvalue weighted by atomic mass is 35.5. The average Bonchev–Trinajstić information content (AvgIpc) is 3.28. The molecule has 2 aliphatic heterocycles. The van der Waals surface area contributed by atoms with E-state index < -0.39 is 22.1 Å². The van der Waals surface area contributed by atoms with Crippen LogP contribution in [0.5, 0.6) is 0 Å². The third kappa shape index (κ3) is 4.80. The number of carbonyl (C=O) groups is 2. The lowest BCUT2D eigenvalue weighted by Gasteiger charge is -2.37. The summed E-state index contributed by atoms with van der Waals surface area (Å²) in [4.78, 5) is 42.5. The molecule has 2 aliphatic rings. The summed E-state index contributed by atoms with van der Waals surface area (Å²) in [6, 6.07) is -0.245. The van der Waals surface area contributed by atoms with E-state index in [0.717, 1.165) is 0 Å². The first-order chi connectivity index (χ1) is 14.8. The predicted molar refractivity (Wildman–Crippen MR) is 118 cm³/mol. The number of amides is 1. The van der Waals surface area contributed by atoms with Crippen molar-refractivity contribution in [3.05, 3.63) is 16.7 Å². The summed E-state index contributed by atoms with van der Waals surface area (Å²) in [7, 11) is 2.25. The van der Waals surface area contributed by atoms with Crippen LogP contribution in [0.1, 0.15) is 29.7 Å². The number of aromatic nitrogens is 2. The Bertz CT molecular complexity index is 906. The highest BCUT2D eigenvalue weighted by Crippen LogP contribution is 2.24. The van der Waals surface area contributed by atoms with E-state index in [1.165, 1.54) is 7.11 Å². The number of nitrogens with zero attached hydrogens (tertiary/aromatic N) is 4. The van der Waals surface area contributed by atoms with Gasteiger partial charge in [-0.05, 0) is 12.8 Å². The first kappa shape index (κ1) is 23.4. The number of halogens is 1. The van der Waals surface area contributed by atoms with Crippen LogP contribution < -0.4 is 5.32 Å². The standard InChI is InChI=1S/C18H25ClN6O5S/c1-5-9-13(19)22-15(20-9)16(26)21-10-6-7-25(8-11(10)29-2)18-23-14(24-30-3)12(17(27)28)31(18)4/h10-12H,5-8H2,1-4H3,(H2-,20,21,22,26,27,28)/p+1. The van der Waals surface area contributed by atoms with Crippen LogP contribution >= 0.6 is 11.6 Å². The molecule has 0 aromatic carbocycles. The van der Waals surface area contributed by atoms with Crippen LogP contribution in [0.2, 0.25) is 5.15 Å². The second-order valence-electron chi connectivity index (χ2n) is 7.10. The third-order valence-corrected chi connectivity index (χ3v) is 7.60. The maximum absolute atomic E-state index is 12.6. The van der Waals surface area contributed by atoms with Gasteiger partial charge in [-0.1, -0.05) is 23.7 Å². The van der Waals surface area contributed by atoms with E-state index in [1.807, 2.05) is 18.1 Å². The van der Waals surface area contributed by atoms with Crippen molar-refractivity contribution in [3.8, 4) is 0 Å². The van der Waals surface area contributed by atoms with Crippen molar-refractivity contribution >= 4 is 45.4 Å². The number of ether oxygens (including phenoxy) is 1. The molecule has 31 heavy (non-hydrogen) atoms. The number of nitrogens with one attached hydrogen (secondary N) is 2. The van der Waals surface area contributed by atoms with Crippen molar-refractivity contribution in [1.82, 2.24) is 20.2 Å². The second-order valence-corrected chi connectivity index (χ2v) is 9.41. The number of imidazole rings is 1. The third-order valence-electron chi connectivity index (χ3n) is 5.24. The lowest BCUT2D eigenvalue weighted by Crippen LogP contribution is -2.57. The van der Waals surface area contributed by atoms with Gasteiger partial charge >= 0.3 is 11.1 Å². The Morgan fingerprint density at radius 3 is 2.77 bits per heavy atom. The largest absolute Gasteiger partial charge is 0.477 e. The van der Waals surface area contributed by atoms with Crippen molar-refractivity contribution in [3.63, 3.8) is 0 Å². The number of carboxylic acid groups (broad SMARTS) is 1. The molecule has 1 amide bonds. The molecule has 170 valence electrons. The number of hydrogen-bond donors (Lipinski definition) is 3. The van der Waals surface area contributed by atoms with E-state index in [9.17, 15) is 14.7 Å². The minimum absolute atomic E-state index is 0.154. The molecule has 0 aliphatic carbocycles. The number of amidine groups is 2. The van der Waals surface area contributed by atoms with Crippen LogP contribution in [0.4, 0.5) is 0 Å². The number of aromatic amines is 1. The van der Waals surface area contributed by atoms with Crippen LogP contribution in [0, 0.1) is 0 Å². The fraction of sp³-hybridized carbons (Fsp3) is 0.611. The number of aliphatic imine (C=N–C) groups is 1. The highest BCUT2D eigenvalue weighted by Gasteiger charge is 2.52. The first-order valence-corrected chi connectivity index (χ1v) is 11.8. The summed E-state index contributed by atoms with van der Waals surface area (Å²) in [6.45, 7) is 2.94. The van der Waals surface area contributed by atoms with E-state index in [-0.39, 0.29) is 29.7 Å². The number of likely N-dealkylation sites (tertiary alicyclic amines) is 1. The number of aryl methyl sites for hydroxylation is 1. The topological polar surface area (TPSA) is 142 Å². The molecule has 3 N–H and O–H groups in total. The maximum atomic E-state index is 12.6. The molecule has 0 spiro atoms. The molecular formula is C18H26ClN6O5S+. The van der Waals surface area contributed by atoms with E-state index in [1.54, 1.807) is 7.11 Å². The zero-order chi connectivity index (χ0) is 22.7. The minimum Gasteiger partial charge on any atom is -0.477 e. The average molecular weight is 474 g/mol. The first-order valence-electron chi connectivity index (χ1n) is 9.70. The lowest BCUT2D eigenvalue weighted by atomic mass is 10.0. The quantitative estimate of drug-likeness (QED) is 0.403. The van der Waals surface area contributed by atoms with Crippen molar-refractivity contribution < 1.29 is 24.3 Å². The number of oxime groups is 1. The smallest absolute Gasteiger partial charge is 0.366 e. The van der Waals surface area contributed by atoms with Crippen molar-refractivity contribution in [2.75, 3.05) is 33.6 Å². The van der Waals surface area contributed by atoms with E-state index in [4.69, 9.17) is 21.2 Å². The molecule has 13 heteroatoms. The summed E-state index contributed by atoms with van der Waals surface area (Å²) < 4.78 is 5.63. The van der Waals surface area contributed by atoms with Gasteiger partial charge in [0, 0.05) is 13.7 Å². The van der Waals surface area contributed by atoms with E-state index >= 15 is 0 Å².